The van der Waals surface area contributed by atoms with Crippen LogP contribution in [-0.4, -0.2) is 30.5 Å². The predicted molar refractivity (Wildman–Crippen MR) is 76.0 cm³/mol. The van der Waals surface area contributed by atoms with E-state index in [0.717, 1.165) is 28.8 Å². The number of nitrogen functional groups attached to an aromatic ring is 1. The number of benzene rings is 1. The standard InChI is InChI=1S/C14H16N4O/c15-14-10-2-1-6-16-11(10)3-4-12(14)18-8-5-13(19)17-7-9-18/h1-4,6H,5,7-9,15H2,(H,17,19). The monoisotopic (exact) mass is 256 g/mol. The average molecular weight is 256 g/mol. The van der Waals surface area contributed by atoms with Gasteiger partial charge in [-0.3, -0.25) is 9.78 Å². The molecule has 0 spiro atoms. The van der Waals surface area contributed by atoms with Crippen molar-refractivity contribution in [2.75, 3.05) is 30.3 Å². The Morgan fingerprint density at radius 1 is 1.26 bits per heavy atom. The van der Waals surface area contributed by atoms with E-state index in [9.17, 15) is 4.79 Å². The van der Waals surface area contributed by atoms with Crippen LogP contribution in [0.1, 0.15) is 6.42 Å². The van der Waals surface area contributed by atoms with Crippen LogP contribution >= 0.6 is 0 Å². The van der Waals surface area contributed by atoms with Gasteiger partial charge in [-0.05, 0) is 24.3 Å². The number of hydrogen-bond donors (Lipinski definition) is 2. The van der Waals surface area contributed by atoms with Gasteiger partial charge in [0.05, 0.1) is 16.9 Å². The van der Waals surface area contributed by atoms with Crippen molar-refractivity contribution in [3.63, 3.8) is 0 Å². The van der Waals surface area contributed by atoms with Crippen molar-refractivity contribution in [1.82, 2.24) is 10.3 Å². The first-order chi connectivity index (χ1) is 9.25. The van der Waals surface area contributed by atoms with Crippen LogP contribution in [0.4, 0.5) is 11.4 Å². The highest BCUT2D eigenvalue weighted by atomic mass is 16.1. The number of carbonyl (C=O) groups is 1. The molecule has 5 heteroatoms. The van der Waals surface area contributed by atoms with Crippen molar-refractivity contribution in [1.29, 1.82) is 0 Å². The molecule has 3 rings (SSSR count). The van der Waals surface area contributed by atoms with Gasteiger partial charge in [0.2, 0.25) is 5.91 Å². The third-order valence-corrected chi connectivity index (χ3v) is 3.46. The summed E-state index contributed by atoms with van der Waals surface area (Å²) in [5.74, 6) is 0.100. The highest BCUT2D eigenvalue weighted by Crippen LogP contribution is 2.30. The van der Waals surface area contributed by atoms with Crippen molar-refractivity contribution < 1.29 is 4.79 Å². The van der Waals surface area contributed by atoms with Crippen LogP contribution in [0.2, 0.25) is 0 Å². The number of anilines is 2. The van der Waals surface area contributed by atoms with Crippen molar-refractivity contribution in [2.24, 2.45) is 0 Å². The Kier molecular flexibility index (Phi) is 2.95. The molecule has 5 nitrogen and oxygen atoms in total. The van der Waals surface area contributed by atoms with Crippen LogP contribution in [0.25, 0.3) is 10.9 Å². The summed E-state index contributed by atoms with van der Waals surface area (Å²) in [6.45, 7) is 2.13. The smallest absolute Gasteiger partial charge is 0.221 e. The van der Waals surface area contributed by atoms with Crippen molar-refractivity contribution >= 4 is 28.2 Å². The number of nitrogens with zero attached hydrogens (tertiary/aromatic N) is 2. The van der Waals surface area contributed by atoms with Crippen LogP contribution in [0.5, 0.6) is 0 Å². The Balaban J connectivity index is 2.00. The Morgan fingerprint density at radius 3 is 3.05 bits per heavy atom. The molecular formula is C14H16N4O. The third kappa shape index (κ3) is 2.19. The number of pyridine rings is 1. The topological polar surface area (TPSA) is 71.2 Å². The van der Waals surface area contributed by atoms with Crippen LogP contribution in [-0.2, 0) is 4.79 Å². The molecule has 1 amide bonds. The summed E-state index contributed by atoms with van der Waals surface area (Å²) in [5, 5.41) is 3.83. The maximum Gasteiger partial charge on any atom is 0.221 e. The Hall–Kier alpha value is -2.30. The summed E-state index contributed by atoms with van der Waals surface area (Å²) in [6, 6.07) is 7.82. The van der Waals surface area contributed by atoms with E-state index in [-0.39, 0.29) is 5.91 Å². The van der Waals surface area contributed by atoms with Crippen LogP contribution in [0, 0.1) is 0 Å². The lowest BCUT2D eigenvalue weighted by Gasteiger charge is -2.24. The molecule has 0 unspecified atom stereocenters. The Morgan fingerprint density at radius 2 is 2.16 bits per heavy atom. The van der Waals surface area contributed by atoms with E-state index < -0.39 is 0 Å². The maximum atomic E-state index is 11.4. The van der Waals surface area contributed by atoms with Crippen LogP contribution in [0.15, 0.2) is 30.5 Å². The first kappa shape index (κ1) is 11.8. The van der Waals surface area contributed by atoms with E-state index in [1.165, 1.54) is 0 Å². The first-order valence-corrected chi connectivity index (χ1v) is 6.40. The molecule has 2 aromatic rings. The molecule has 1 fully saturated rings. The minimum Gasteiger partial charge on any atom is -0.396 e. The Bertz CT molecular complexity index is 626. The fourth-order valence-corrected chi connectivity index (χ4v) is 2.45. The SMILES string of the molecule is Nc1c(N2CCNC(=O)CC2)ccc2ncccc12. The second-order valence-corrected chi connectivity index (χ2v) is 4.66. The molecule has 98 valence electrons. The lowest BCUT2D eigenvalue weighted by Crippen LogP contribution is -2.28. The summed E-state index contributed by atoms with van der Waals surface area (Å²) in [7, 11) is 0. The number of rotatable bonds is 1. The maximum absolute atomic E-state index is 11.4. The molecule has 1 saturated heterocycles. The molecule has 0 saturated carbocycles. The van der Waals surface area contributed by atoms with Gasteiger partial charge in [0, 0.05) is 37.6 Å². The number of fused-ring (bicyclic) bond motifs is 1. The van der Waals surface area contributed by atoms with E-state index in [2.05, 4.69) is 15.2 Å². The van der Waals surface area contributed by atoms with Gasteiger partial charge in [-0.15, -0.1) is 0 Å². The van der Waals surface area contributed by atoms with Gasteiger partial charge in [0.1, 0.15) is 0 Å². The second-order valence-electron chi connectivity index (χ2n) is 4.66. The average Bonchev–Trinajstić information content (AvgIpc) is 2.65. The third-order valence-electron chi connectivity index (χ3n) is 3.46. The van der Waals surface area contributed by atoms with E-state index in [0.29, 0.717) is 19.5 Å². The van der Waals surface area contributed by atoms with E-state index >= 15 is 0 Å². The molecule has 0 radical (unpaired) electrons. The van der Waals surface area contributed by atoms with Gasteiger partial charge in [-0.25, -0.2) is 0 Å². The largest absolute Gasteiger partial charge is 0.396 e. The molecule has 1 aromatic carbocycles. The number of carbonyl (C=O) groups excluding carboxylic acids is 1. The number of nitrogens with two attached hydrogens (primary N) is 1. The molecule has 1 aliphatic rings. The Labute approximate surface area is 111 Å². The summed E-state index contributed by atoms with van der Waals surface area (Å²) >= 11 is 0. The lowest BCUT2D eigenvalue weighted by atomic mass is 10.1. The summed E-state index contributed by atoms with van der Waals surface area (Å²) in [6.07, 6.45) is 2.26. The highest BCUT2D eigenvalue weighted by Gasteiger charge is 2.16. The van der Waals surface area contributed by atoms with Gasteiger partial charge >= 0.3 is 0 Å². The van der Waals surface area contributed by atoms with Gasteiger partial charge < -0.3 is 16.0 Å². The molecular weight excluding hydrogens is 240 g/mol. The number of nitrogens with one attached hydrogen (secondary N) is 1. The second kappa shape index (κ2) is 4.76. The molecule has 0 atom stereocenters. The summed E-state index contributed by atoms with van der Waals surface area (Å²) < 4.78 is 0. The van der Waals surface area contributed by atoms with Crippen molar-refractivity contribution in [3.8, 4) is 0 Å². The number of hydrogen-bond acceptors (Lipinski definition) is 4. The molecule has 0 aliphatic carbocycles. The van der Waals surface area contributed by atoms with E-state index in [1.807, 2.05) is 24.3 Å². The zero-order chi connectivity index (χ0) is 13.2. The van der Waals surface area contributed by atoms with Crippen molar-refractivity contribution in [2.45, 2.75) is 6.42 Å². The molecule has 0 bridgehead atoms. The zero-order valence-electron chi connectivity index (χ0n) is 10.6. The molecule has 3 N–H and O–H groups in total. The normalized spacial score (nSPS) is 16.2. The lowest BCUT2D eigenvalue weighted by molar-refractivity contribution is -0.120. The fourth-order valence-electron chi connectivity index (χ4n) is 2.45. The highest BCUT2D eigenvalue weighted by molar-refractivity contribution is 5.97. The zero-order valence-corrected chi connectivity index (χ0v) is 10.6. The number of amides is 1. The molecule has 2 heterocycles. The van der Waals surface area contributed by atoms with Crippen molar-refractivity contribution in [3.05, 3.63) is 30.5 Å². The summed E-state index contributed by atoms with van der Waals surface area (Å²) in [4.78, 5) is 17.8. The quantitative estimate of drug-likeness (QED) is 0.751. The van der Waals surface area contributed by atoms with Gasteiger partial charge in [0.15, 0.2) is 0 Å². The minimum absolute atomic E-state index is 0.100. The fraction of sp³-hybridized carbons (Fsp3) is 0.286. The summed E-state index contributed by atoms with van der Waals surface area (Å²) in [5.41, 5.74) is 8.86. The van der Waals surface area contributed by atoms with E-state index in [4.69, 9.17) is 5.73 Å². The molecule has 1 aromatic heterocycles. The van der Waals surface area contributed by atoms with Gasteiger partial charge in [-0.2, -0.15) is 0 Å². The predicted octanol–water partition coefficient (Wildman–Crippen LogP) is 1.14. The molecule has 1 aliphatic heterocycles. The minimum atomic E-state index is 0.100. The number of aromatic nitrogens is 1. The molecule has 19 heavy (non-hydrogen) atoms. The van der Waals surface area contributed by atoms with Crippen LogP contribution in [0.3, 0.4) is 0 Å². The van der Waals surface area contributed by atoms with E-state index in [1.54, 1.807) is 6.20 Å². The van der Waals surface area contributed by atoms with Crippen LogP contribution < -0.4 is 16.0 Å². The first-order valence-electron chi connectivity index (χ1n) is 6.40. The van der Waals surface area contributed by atoms with Gasteiger partial charge in [0.25, 0.3) is 0 Å². The van der Waals surface area contributed by atoms with Gasteiger partial charge in [-0.1, -0.05) is 0 Å².